The number of hydrogen-bond donors (Lipinski definition) is 2. The largest absolute Gasteiger partial charge is 0.368 e. The number of anilines is 2. The minimum absolute atomic E-state index is 0.237. The van der Waals surface area contributed by atoms with Gasteiger partial charge in [-0.3, -0.25) is 0 Å². The summed E-state index contributed by atoms with van der Waals surface area (Å²) in [7, 11) is 0. The van der Waals surface area contributed by atoms with Gasteiger partial charge in [-0.25, -0.2) is 9.97 Å². The zero-order valence-corrected chi connectivity index (χ0v) is 10.6. The molecule has 0 radical (unpaired) electrons. The molecule has 1 fully saturated rings. The maximum Gasteiger partial charge on any atom is 0.134 e. The minimum atomic E-state index is -0.237. The normalized spacial score (nSPS) is 16.3. The molecular formula is C12H21N5. The Labute approximate surface area is 102 Å². The van der Waals surface area contributed by atoms with Crippen LogP contribution in [0, 0.1) is 0 Å². The van der Waals surface area contributed by atoms with Crippen molar-refractivity contribution >= 4 is 11.6 Å². The van der Waals surface area contributed by atoms with Crippen LogP contribution >= 0.6 is 0 Å². The summed E-state index contributed by atoms with van der Waals surface area (Å²) in [5.41, 5.74) is 5.69. The van der Waals surface area contributed by atoms with Gasteiger partial charge in [-0.1, -0.05) is 0 Å². The molecule has 0 atom stereocenters. The summed E-state index contributed by atoms with van der Waals surface area (Å²) < 4.78 is 0. The summed E-state index contributed by atoms with van der Waals surface area (Å²) in [6.45, 7) is 6.87. The molecule has 94 valence electrons. The molecule has 1 aliphatic rings. The summed E-state index contributed by atoms with van der Waals surface area (Å²) in [4.78, 5) is 10.8. The highest BCUT2D eigenvalue weighted by Crippen LogP contribution is 2.19. The van der Waals surface area contributed by atoms with Crippen LogP contribution in [0.5, 0.6) is 0 Å². The van der Waals surface area contributed by atoms with Crippen LogP contribution in [0.2, 0.25) is 0 Å². The average Bonchev–Trinajstić information content (AvgIpc) is 2.79. The highest BCUT2D eigenvalue weighted by molar-refractivity contribution is 5.49. The van der Waals surface area contributed by atoms with Gasteiger partial charge in [0.1, 0.15) is 18.0 Å². The van der Waals surface area contributed by atoms with E-state index in [1.54, 1.807) is 6.33 Å². The van der Waals surface area contributed by atoms with E-state index in [4.69, 9.17) is 5.73 Å². The van der Waals surface area contributed by atoms with Crippen molar-refractivity contribution in [2.24, 2.45) is 5.73 Å². The van der Waals surface area contributed by atoms with Gasteiger partial charge >= 0.3 is 0 Å². The van der Waals surface area contributed by atoms with E-state index in [9.17, 15) is 0 Å². The van der Waals surface area contributed by atoms with Gasteiger partial charge in [-0.15, -0.1) is 0 Å². The molecule has 0 bridgehead atoms. The molecule has 1 saturated heterocycles. The summed E-state index contributed by atoms with van der Waals surface area (Å²) in [5, 5.41) is 3.25. The molecule has 0 aliphatic carbocycles. The lowest BCUT2D eigenvalue weighted by Crippen LogP contribution is -2.39. The van der Waals surface area contributed by atoms with E-state index in [0.717, 1.165) is 24.7 Å². The minimum Gasteiger partial charge on any atom is -0.368 e. The monoisotopic (exact) mass is 235 g/mol. The van der Waals surface area contributed by atoms with Crippen molar-refractivity contribution in [2.45, 2.75) is 32.2 Å². The molecule has 5 nitrogen and oxygen atoms in total. The molecule has 3 N–H and O–H groups in total. The van der Waals surface area contributed by atoms with Gasteiger partial charge in [0.15, 0.2) is 0 Å². The molecule has 0 unspecified atom stereocenters. The predicted molar refractivity (Wildman–Crippen MR) is 70.2 cm³/mol. The number of nitrogens with one attached hydrogen (secondary N) is 1. The van der Waals surface area contributed by atoms with Crippen molar-refractivity contribution in [3.63, 3.8) is 0 Å². The third-order valence-electron chi connectivity index (χ3n) is 2.81. The molecule has 1 aromatic rings. The fourth-order valence-electron chi connectivity index (χ4n) is 1.88. The molecule has 0 spiro atoms. The number of nitrogens with two attached hydrogens (primary N) is 1. The van der Waals surface area contributed by atoms with Crippen molar-refractivity contribution in [1.29, 1.82) is 0 Å². The second kappa shape index (κ2) is 4.87. The molecule has 2 rings (SSSR count). The van der Waals surface area contributed by atoms with Crippen LogP contribution in [0.1, 0.15) is 26.7 Å². The predicted octanol–water partition coefficient (Wildman–Crippen LogP) is 1.23. The van der Waals surface area contributed by atoms with Crippen molar-refractivity contribution in [3.8, 4) is 0 Å². The number of rotatable bonds is 4. The maximum atomic E-state index is 5.93. The molecule has 1 aliphatic heterocycles. The van der Waals surface area contributed by atoms with Crippen LogP contribution in [0.4, 0.5) is 11.6 Å². The van der Waals surface area contributed by atoms with E-state index in [1.807, 2.05) is 19.9 Å². The van der Waals surface area contributed by atoms with Crippen molar-refractivity contribution in [2.75, 3.05) is 29.9 Å². The molecule has 0 aromatic carbocycles. The van der Waals surface area contributed by atoms with Gasteiger partial charge in [-0.2, -0.15) is 0 Å². The van der Waals surface area contributed by atoms with Gasteiger partial charge in [-0.05, 0) is 26.7 Å². The Bertz CT molecular complexity index is 365. The van der Waals surface area contributed by atoms with Crippen LogP contribution in [-0.4, -0.2) is 35.1 Å². The second-order valence-corrected chi connectivity index (χ2v) is 5.30. The molecular weight excluding hydrogens is 214 g/mol. The van der Waals surface area contributed by atoms with Crippen molar-refractivity contribution < 1.29 is 0 Å². The number of hydrogen-bond acceptors (Lipinski definition) is 5. The Morgan fingerprint density at radius 2 is 2.06 bits per heavy atom. The molecule has 0 amide bonds. The first-order valence-corrected chi connectivity index (χ1v) is 6.14. The molecule has 17 heavy (non-hydrogen) atoms. The second-order valence-electron chi connectivity index (χ2n) is 5.30. The Balaban J connectivity index is 2.01. The van der Waals surface area contributed by atoms with E-state index in [0.29, 0.717) is 6.54 Å². The molecule has 0 saturated carbocycles. The topological polar surface area (TPSA) is 67.1 Å². The van der Waals surface area contributed by atoms with E-state index >= 15 is 0 Å². The van der Waals surface area contributed by atoms with Gasteiger partial charge in [0.25, 0.3) is 0 Å². The molecule has 5 heteroatoms. The Kier molecular flexibility index (Phi) is 3.47. The summed E-state index contributed by atoms with van der Waals surface area (Å²) in [6, 6.07) is 2.00. The van der Waals surface area contributed by atoms with Crippen LogP contribution in [-0.2, 0) is 0 Å². The Hall–Kier alpha value is -1.36. The zero-order valence-electron chi connectivity index (χ0n) is 10.6. The van der Waals surface area contributed by atoms with E-state index in [2.05, 4.69) is 20.2 Å². The Morgan fingerprint density at radius 3 is 2.71 bits per heavy atom. The quantitative estimate of drug-likeness (QED) is 0.821. The van der Waals surface area contributed by atoms with Crippen LogP contribution in [0.25, 0.3) is 0 Å². The summed E-state index contributed by atoms with van der Waals surface area (Å²) >= 11 is 0. The van der Waals surface area contributed by atoms with Crippen molar-refractivity contribution in [1.82, 2.24) is 9.97 Å². The third kappa shape index (κ3) is 3.56. The van der Waals surface area contributed by atoms with E-state index in [-0.39, 0.29) is 5.54 Å². The highest BCUT2D eigenvalue weighted by atomic mass is 15.2. The third-order valence-corrected chi connectivity index (χ3v) is 2.81. The summed E-state index contributed by atoms with van der Waals surface area (Å²) in [5.74, 6) is 1.86. The van der Waals surface area contributed by atoms with E-state index < -0.39 is 0 Å². The van der Waals surface area contributed by atoms with Gasteiger partial charge < -0.3 is 16.0 Å². The standard InChI is InChI=1S/C12H21N5/c1-12(2,13)8-14-10-7-11(16-9-15-10)17-5-3-4-6-17/h7,9H,3-6,8,13H2,1-2H3,(H,14,15,16). The van der Waals surface area contributed by atoms with Crippen LogP contribution in [0.3, 0.4) is 0 Å². The fourth-order valence-corrected chi connectivity index (χ4v) is 1.88. The number of aromatic nitrogens is 2. The first-order chi connectivity index (χ1) is 8.04. The van der Waals surface area contributed by atoms with Crippen LogP contribution in [0.15, 0.2) is 12.4 Å². The lowest BCUT2D eigenvalue weighted by Gasteiger charge is -2.20. The highest BCUT2D eigenvalue weighted by Gasteiger charge is 2.15. The van der Waals surface area contributed by atoms with E-state index in [1.165, 1.54) is 12.8 Å². The number of nitrogens with zero attached hydrogens (tertiary/aromatic N) is 3. The van der Waals surface area contributed by atoms with Crippen molar-refractivity contribution in [3.05, 3.63) is 12.4 Å². The first kappa shape index (κ1) is 12.1. The lowest BCUT2D eigenvalue weighted by atomic mass is 10.1. The van der Waals surface area contributed by atoms with Gasteiger partial charge in [0.05, 0.1) is 0 Å². The fraction of sp³-hybridized carbons (Fsp3) is 0.667. The van der Waals surface area contributed by atoms with Crippen LogP contribution < -0.4 is 16.0 Å². The lowest BCUT2D eigenvalue weighted by molar-refractivity contribution is 0.548. The van der Waals surface area contributed by atoms with Gasteiger partial charge in [0.2, 0.25) is 0 Å². The zero-order chi connectivity index (χ0) is 12.3. The first-order valence-electron chi connectivity index (χ1n) is 6.14. The van der Waals surface area contributed by atoms with Gasteiger partial charge in [0, 0.05) is 31.2 Å². The molecule has 2 heterocycles. The smallest absolute Gasteiger partial charge is 0.134 e. The SMILES string of the molecule is CC(C)(N)CNc1cc(N2CCCC2)ncn1. The molecule has 1 aromatic heterocycles. The average molecular weight is 235 g/mol. The Morgan fingerprint density at radius 1 is 1.35 bits per heavy atom. The summed E-state index contributed by atoms with van der Waals surface area (Å²) in [6.07, 6.45) is 4.12. The maximum absolute atomic E-state index is 5.93.